The van der Waals surface area contributed by atoms with Gasteiger partial charge in [0.25, 0.3) is 0 Å². The molecule has 0 aliphatic carbocycles. The van der Waals surface area contributed by atoms with Crippen LogP contribution in [0.4, 0.5) is 0 Å². The highest BCUT2D eigenvalue weighted by atomic mass is 32.2. The second-order valence-electron chi connectivity index (χ2n) is 4.64. The Morgan fingerprint density at radius 1 is 1.33 bits per heavy atom. The minimum atomic E-state index is -0.837. The highest BCUT2D eigenvalue weighted by Gasteiger charge is 2.14. The van der Waals surface area contributed by atoms with E-state index in [-0.39, 0.29) is 5.75 Å². The summed E-state index contributed by atoms with van der Waals surface area (Å²) >= 11 is 3.02. The van der Waals surface area contributed by atoms with E-state index in [0.717, 1.165) is 31.6 Å². The van der Waals surface area contributed by atoms with Crippen molar-refractivity contribution < 1.29 is 9.90 Å². The fourth-order valence-corrected chi connectivity index (χ4v) is 3.60. The lowest BCUT2D eigenvalue weighted by molar-refractivity contribution is -0.133. The van der Waals surface area contributed by atoms with E-state index in [9.17, 15) is 4.79 Å². The van der Waals surface area contributed by atoms with Crippen molar-refractivity contribution in [1.82, 2.24) is 14.8 Å². The summed E-state index contributed by atoms with van der Waals surface area (Å²) in [6.07, 6.45) is 2.88. The van der Waals surface area contributed by atoms with Crippen molar-refractivity contribution in [3.63, 3.8) is 0 Å². The zero-order valence-electron chi connectivity index (χ0n) is 12.2. The molecule has 0 atom stereocenters. The lowest BCUT2D eigenvalue weighted by Crippen LogP contribution is -2.07. The Labute approximate surface area is 132 Å². The second kappa shape index (κ2) is 7.61. The van der Waals surface area contributed by atoms with Crippen LogP contribution in [0.1, 0.15) is 35.8 Å². The van der Waals surface area contributed by atoms with Gasteiger partial charge in [0.1, 0.15) is 5.82 Å². The average Bonchev–Trinajstić information content (AvgIpc) is 3.06. The van der Waals surface area contributed by atoms with Gasteiger partial charge in [-0.25, -0.2) is 0 Å². The zero-order valence-corrected chi connectivity index (χ0v) is 13.8. The van der Waals surface area contributed by atoms with Crippen molar-refractivity contribution >= 4 is 29.1 Å². The van der Waals surface area contributed by atoms with Crippen LogP contribution < -0.4 is 0 Å². The Hall–Kier alpha value is -1.34. The van der Waals surface area contributed by atoms with Gasteiger partial charge in [-0.3, -0.25) is 4.79 Å². The molecule has 0 saturated heterocycles. The number of aliphatic carboxylic acids is 1. The number of rotatable bonds is 8. The second-order valence-corrected chi connectivity index (χ2v) is 6.83. The van der Waals surface area contributed by atoms with Crippen LogP contribution in [-0.4, -0.2) is 31.6 Å². The van der Waals surface area contributed by atoms with E-state index in [1.165, 1.54) is 21.5 Å². The molecule has 0 aromatic carbocycles. The molecule has 7 heteroatoms. The normalized spacial score (nSPS) is 11.0. The number of nitrogens with zero attached hydrogens (tertiary/aromatic N) is 3. The molecule has 0 unspecified atom stereocenters. The van der Waals surface area contributed by atoms with Gasteiger partial charge in [0.05, 0.1) is 12.3 Å². The van der Waals surface area contributed by atoms with Gasteiger partial charge in [0, 0.05) is 16.2 Å². The number of carboxylic acids is 1. The molecule has 0 saturated carbocycles. The molecule has 0 fully saturated rings. The summed E-state index contributed by atoms with van der Waals surface area (Å²) in [6, 6.07) is 4.28. The molecule has 0 spiro atoms. The smallest absolute Gasteiger partial charge is 0.313 e. The van der Waals surface area contributed by atoms with E-state index in [1.54, 1.807) is 11.3 Å². The summed E-state index contributed by atoms with van der Waals surface area (Å²) in [7, 11) is 0. The highest BCUT2D eigenvalue weighted by molar-refractivity contribution is 7.99. The molecule has 5 nitrogen and oxygen atoms in total. The molecule has 1 N–H and O–H groups in total. The fourth-order valence-electron chi connectivity index (χ4n) is 1.97. The van der Waals surface area contributed by atoms with E-state index < -0.39 is 5.97 Å². The van der Waals surface area contributed by atoms with Crippen molar-refractivity contribution in [2.45, 2.75) is 44.8 Å². The summed E-state index contributed by atoms with van der Waals surface area (Å²) in [5.74, 6) is 0.0994. The third-order valence-corrected chi connectivity index (χ3v) is 5.14. The number of hydrogen-bond donors (Lipinski definition) is 1. The van der Waals surface area contributed by atoms with Gasteiger partial charge in [-0.2, -0.15) is 0 Å². The monoisotopic (exact) mass is 325 g/mol. The van der Waals surface area contributed by atoms with E-state index in [2.05, 4.69) is 36.2 Å². The third-order valence-electron chi connectivity index (χ3n) is 2.97. The van der Waals surface area contributed by atoms with Crippen LogP contribution in [0.2, 0.25) is 0 Å². The summed E-state index contributed by atoms with van der Waals surface area (Å²) in [5.41, 5.74) is 0. The van der Waals surface area contributed by atoms with Gasteiger partial charge in [0.15, 0.2) is 5.16 Å². The Morgan fingerprint density at radius 3 is 2.71 bits per heavy atom. The number of aryl methyl sites for hydroxylation is 2. The van der Waals surface area contributed by atoms with Gasteiger partial charge in [-0.1, -0.05) is 25.6 Å². The lowest BCUT2D eigenvalue weighted by Gasteiger charge is -2.07. The number of aromatic nitrogens is 3. The van der Waals surface area contributed by atoms with Crippen LogP contribution in [0.3, 0.4) is 0 Å². The van der Waals surface area contributed by atoms with Crippen LogP contribution in [0.25, 0.3) is 0 Å². The Balaban J connectivity index is 2.20. The quantitative estimate of drug-likeness (QED) is 0.755. The highest BCUT2D eigenvalue weighted by Crippen LogP contribution is 2.23. The predicted molar refractivity (Wildman–Crippen MR) is 85.2 cm³/mol. The van der Waals surface area contributed by atoms with E-state index >= 15 is 0 Å². The maximum atomic E-state index is 10.7. The molecule has 0 amide bonds. The molecular formula is C14H19N3O2S2. The number of carboxylic acid groups (broad SMARTS) is 1. The maximum Gasteiger partial charge on any atom is 0.313 e. The van der Waals surface area contributed by atoms with Crippen molar-refractivity contribution in [2.24, 2.45) is 0 Å². The summed E-state index contributed by atoms with van der Waals surface area (Å²) in [6.45, 7) is 4.96. The minimum absolute atomic E-state index is 0.00884. The summed E-state index contributed by atoms with van der Waals surface area (Å²) in [5, 5.41) is 17.9. The molecule has 0 bridgehead atoms. The molecule has 2 heterocycles. The van der Waals surface area contributed by atoms with Crippen molar-refractivity contribution in [3.05, 3.63) is 27.7 Å². The Morgan fingerprint density at radius 2 is 2.10 bits per heavy atom. The van der Waals surface area contributed by atoms with Gasteiger partial charge in [-0.05, 0) is 25.0 Å². The molecule has 0 aliphatic rings. The standard InChI is InChI=1S/C14H19N3O2S2/c1-3-5-12-15-16-14(20-9-13(18)19)17(12)8-11-7-6-10(4-2)21-11/h6-7H,3-5,8-9H2,1-2H3,(H,18,19). The summed E-state index contributed by atoms with van der Waals surface area (Å²) in [4.78, 5) is 13.3. The molecule has 2 aromatic rings. The molecule has 114 valence electrons. The van der Waals surface area contributed by atoms with E-state index in [0.29, 0.717) is 5.16 Å². The maximum absolute atomic E-state index is 10.7. The predicted octanol–water partition coefficient (Wildman–Crippen LogP) is 3.08. The van der Waals surface area contributed by atoms with Crippen LogP contribution in [0.15, 0.2) is 17.3 Å². The van der Waals surface area contributed by atoms with Gasteiger partial charge >= 0.3 is 5.97 Å². The SMILES string of the molecule is CCCc1nnc(SCC(=O)O)n1Cc1ccc(CC)s1. The van der Waals surface area contributed by atoms with Crippen molar-refractivity contribution in [1.29, 1.82) is 0 Å². The van der Waals surface area contributed by atoms with E-state index in [4.69, 9.17) is 5.11 Å². The molecule has 21 heavy (non-hydrogen) atoms. The minimum Gasteiger partial charge on any atom is -0.481 e. The largest absolute Gasteiger partial charge is 0.481 e. The van der Waals surface area contributed by atoms with Crippen LogP contribution >= 0.6 is 23.1 Å². The first-order valence-corrected chi connectivity index (χ1v) is 8.78. The number of hydrogen-bond acceptors (Lipinski definition) is 5. The van der Waals surface area contributed by atoms with E-state index in [1.807, 2.05) is 4.57 Å². The molecule has 0 aliphatic heterocycles. The first-order valence-electron chi connectivity index (χ1n) is 6.98. The lowest BCUT2D eigenvalue weighted by atomic mass is 10.3. The first-order chi connectivity index (χ1) is 10.1. The van der Waals surface area contributed by atoms with Crippen LogP contribution in [-0.2, 0) is 24.2 Å². The Bertz CT molecular complexity index is 607. The zero-order chi connectivity index (χ0) is 15.2. The number of thiophene rings is 1. The number of thioether (sulfide) groups is 1. The molecule has 0 radical (unpaired) electrons. The van der Waals surface area contributed by atoms with Gasteiger partial charge < -0.3 is 9.67 Å². The van der Waals surface area contributed by atoms with Crippen LogP contribution in [0, 0.1) is 0 Å². The number of carbonyl (C=O) groups is 1. The molecular weight excluding hydrogens is 306 g/mol. The topological polar surface area (TPSA) is 68.0 Å². The summed E-state index contributed by atoms with van der Waals surface area (Å²) < 4.78 is 2.04. The van der Waals surface area contributed by atoms with Gasteiger partial charge in [0.2, 0.25) is 0 Å². The van der Waals surface area contributed by atoms with Gasteiger partial charge in [-0.15, -0.1) is 21.5 Å². The average molecular weight is 325 g/mol. The molecule has 2 rings (SSSR count). The van der Waals surface area contributed by atoms with Crippen LogP contribution in [0.5, 0.6) is 0 Å². The fraction of sp³-hybridized carbons (Fsp3) is 0.500. The third kappa shape index (κ3) is 4.31. The molecule has 2 aromatic heterocycles. The first kappa shape index (κ1) is 16.0. The Kier molecular flexibility index (Phi) is 5.81. The van der Waals surface area contributed by atoms with Crippen molar-refractivity contribution in [2.75, 3.05) is 5.75 Å². The van der Waals surface area contributed by atoms with Crippen molar-refractivity contribution in [3.8, 4) is 0 Å².